The van der Waals surface area contributed by atoms with Gasteiger partial charge < -0.3 is 4.90 Å². The van der Waals surface area contributed by atoms with Crippen LogP contribution in [0.25, 0.3) is 0 Å². The molecule has 0 unspecified atom stereocenters. The first-order valence-electron chi connectivity index (χ1n) is 6.01. The Labute approximate surface area is 109 Å². The van der Waals surface area contributed by atoms with Crippen molar-refractivity contribution in [1.82, 2.24) is 10.2 Å². The molecular formula is C13H14FN3S. The Morgan fingerprint density at radius 1 is 1.39 bits per heavy atom. The van der Waals surface area contributed by atoms with E-state index in [0.717, 1.165) is 15.7 Å². The van der Waals surface area contributed by atoms with Gasteiger partial charge in [-0.2, -0.15) is 0 Å². The molecule has 0 radical (unpaired) electrons. The monoisotopic (exact) mass is 263 g/mol. The summed E-state index contributed by atoms with van der Waals surface area (Å²) in [6.45, 7) is 0.650. The third-order valence-electron chi connectivity index (χ3n) is 2.99. The van der Waals surface area contributed by atoms with Crippen LogP contribution in [0.3, 0.4) is 0 Å². The lowest BCUT2D eigenvalue weighted by Crippen LogP contribution is -2.16. The topological polar surface area (TPSA) is 29.0 Å². The van der Waals surface area contributed by atoms with Crippen molar-refractivity contribution in [3.8, 4) is 0 Å². The van der Waals surface area contributed by atoms with Crippen molar-refractivity contribution >= 4 is 16.5 Å². The second-order valence-electron chi connectivity index (χ2n) is 4.68. The van der Waals surface area contributed by atoms with Crippen molar-refractivity contribution in [2.45, 2.75) is 25.3 Å². The van der Waals surface area contributed by atoms with E-state index < -0.39 is 0 Å². The van der Waals surface area contributed by atoms with Crippen molar-refractivity contribution in [3.63, 3.8) is 0 Å². The van der Waals surface area contributed by atoms with Crippen LogP contribution in [-0.2, 0) is 6.54 Å². The van der Waals surface area contributed by atoms with E-state index in [2.05, 4.69) is 10.2 Å². The first kappa shape index (κ1) is 11.6. The van der Waals surface area contributed by atoms with Crippen molar-refractivity contribution in [3.05, 3.63) is 40.7 Å². The molecule has 0 amide bonds. The Hall–Kier alpha value is -1.49. The normalized spacial score (nSPS) is 14.8. The van der Waals surface area contributed by atoms with Crippen molar-refractivity contribution < 1.29 is 4.39 Å². The molecule has 0 spiro atoms. The van der Waals surface area contributed by atoms with Gasteiger partial charge in [-0.05, 0) is 30.5 Å². The van der Waals surface area contributed by atoms with E-state index >= 15 is 0 Å². The summed E-state index contributed by atoms with van der Waals surface area (Å²) in [6, 6.07) is 6.66. The molecule has 0 saturated heterocycles. The standard InChI is InChI=1S/C13H14FN3S/c1-17(8-9-3-2-4-11(14)7-9)13-16-15-12(18-13)10-5-6-10/h2-4,7,10H,5-6,8H2,1H3. The Morgan fingerprint density at radius 3 is 2.94 bits per heavy atom. The SMILES string of the molecule is CN(Cc1cccc(F)c1)c1nnc(C2CC2)s1. The van der Waals surface area contributed by atoms with Crippen LogP contribution in [0.4, 0.5) is 9.52 Å². The van der Waals surface area contributed by atoms with Crippen LogP contribution < -0.4 is 4.90 Å². The maximum Gasteiger partial charge on any atom is 0.208 e. The largest absolute Gasteiger partial charge is 0.345 e. The Morgan fingerprint density at radius 2 is 2.22 bits per heavy atom. The zero-order valence-electron chi connectivity index (χ0n) is 10.1. The molecule has 94 valence electrons. The lowest BCUT2D eigenvalue weighted by atomic mass is 10.2. The van der Waals surface area contributed by atoms with Gasteiger partial charge >= 0.3 is 0 Å². The minimum absolute atomic E-state index is 0.197. The number of halogens is 1. The van der Waals surface area contributed by atoms with Gasteiger partial charge in [0.15, 0.2) is 0 Å². The minimum Gasteiger partial charge on any atom is -0.345 e. The van der Waals surface area contributed by atoms with Crippen LogP contribution in [0.15, 0.2) is 24.3 Å². The van der Waals surface area contributed by atoms with Crippen LogP contribution in [0.5, 0.6) is 0 Å². The Balaban J connectivity index is 1.71. The van der Waals surface area contributed by atoms with E-state index in [0.29, 0.717) is 12.5 Å². The Kier molecular flexibility index (Phi) is 2.99. The highest BCUT2D eigenvalue weighted by molar-refractivity contribution is 7.15. The summed E-state index contributed by atoms with van der Waals surface area (Å²) in [5.74, 6) is 0.440. The maximum atomic E-state index is 13.1. The zero-order valence-corrected chi connectivity index (χ0v) is 11.0. The summed E-state index contributed by atoms with van der Waals surface area (Å²) >= 11 is 1.64. The first-order chi connectivity index (χ1) is 8.72. The predicted molar refractivity (Wildman–Crippen MR) is 70.4 cm³/mol. The summed E-state index contributed by atoms with van der Waals surface area (Å²) in [6.07, 6.45) is 2.48. The molecule has 1 saturated carbocycles. The number of benzene rings is 1. The molecule has 1 fully saturated rings. The van der Waals surface area contributed by atoms with E-state index in [1.807, 2.05) is 18.0 Å². The molecule has 1 aromatic carbocycles. The molecule has 3 nitrogen and oxygen atoms in total. The summed E-state index contributed by atoms with van der Waals surface area (Å²) < 4.78 is 13.1. The first-order valence-corrected chi connectivity index (χ1v) is 6.83. The van der Waals surface area contributed by atoms with Crippen LogP contribution in [0, 0.1) is 5.82 Å². The predicted octanol–water partition coefficient (Wildman–Crippen LogP) is 3.19. The number of nitrogens with zero attached hydrogens (tertiary/aromatic N) is 3. The fourth-order valence-corrected chi connectivity index (χ4v) is 2.83. The minimum atomic E-state index is -0.197. The zero-order chi connectivity index (χ0) is 12.5. The Bertz CT molecular complexity index is 551. The number of aromatic nitrogens is 2. The van der Waals surface area contributed by atoms with Gasteiger partial charge in [-0.25, -0.2) is 4.39 Å². The quantitative estimate of drug-likeness (QED) is 0.848. The van der Waals surface area contributed by atoms with E-state index in [-0.39, 0.29) is 5.82 Å². The van der Waals surface area contributed by atoms with Crippen molar-refractivity contribution in [2.75, 3.05) is 11.9 Å². The molecule has 0 atom stereocenters. The summed E-state index contributed by atoms with van der Waals surface area (Å²) in [7, 11) is 1.96. The van der Waals surface area contributed by atoms with Crippen LogP contribution in [0.2, 0.25) is 0 Å². The number of hydrogen-bond acceptors (Lipinski definition) is 4. The van der Waals surface area contributed by atoms with Crippen LogP contribution >= 0.6 is 11.3 Å². The highest BCUT2D eigenvalue weighted by atomic mass is 32.1. The molecule has 1 aliphatic rings. The van der Waals surface area contributed by atoms with Gasteiger partial charge in [-0.1, -0.05) is 23.5 Å². The highest BCUT2D eigenvalue weighted by Gasteiger charge is 2.28. The number of rotatable bonds is 4. The van der Waals surface area contributed by atoms with Crippen molar-refractivity contribution in [2.24, 2.45) is 0 Å². The molecule has 1 aliphatic carbocycles. The van der Waals surface area contributed by atoms with E-state index in [9.17, 15) is 4.39 Å². The van der Waals surface area contributed by atoms with Gasteiger partial charge in [-0.15, -0.1) is 10.2 Å². The molecule has 0 aliphatic heterocycles. The summed E-state index contributed by atoms with van der Waals surface area (Å²) in [5.41, 5.74) is 0.945. The maximum absolute atomic E-state index is 13.1. The second-order valence-corrected chi connectivity index (χ2v) is 5.67. The van der Waals surface area contributed by atoms with Gasteiger partial charge in [0.1, 0.15) is 10.8 Å². The third kappa shape index (κ3) is 2.51. The number of anilines is 1. The van der Waals surface area contributed by atoms with Crippen LogP contribution in [-0.4, -0.2) is 17.2 Å². The number of hydrogen-bond donors (Lipinski definition) is 0. The average molecular weight is 263 g/mol. The van der Waals surface area contributed by atoms with Gasteiger partial charge in [0.2, 0.25) is 5.13 Å². The molecule has 18 heavy (non-hydrogen) atoms. The summed E-state index contributed by atoms with van der Waals surface area (Å²) in [4.78, 5) is 2.01. The molecule has 3 rings (SSSR count). The van der Waals surface area contributed by atoms with Crippen LogP contribution in [0.1, 0.15) is 29.3 Å². The molecule has 5 heteroatoms. The average Bonchev–Trinajstić information content (AvgIpc) is 3.07. The van der Waals surface area contributed by atoms with Gasteiger partial charge in [0.05, 0.1) is 0 Å². The third-order valence-corrected chi connectivity index (χ3v) is 4.19. The van der Waals surface area contributed by atoms with Gasteiger partial charge in [-0.3, -0.25) is 0 Å². The highest BCUT2D eigenvalue weighted by Crippen LogP contribution is 2.42. The lowest BCUT2D eigenvalue weighted by molar-refractivity contribution is 0.625. The molecule has 0 bridgehead atoms. The fraction of sp³-hybridized carbons (Fsp3) is 0.385. The molecular weight excluding hydrogens is 249 g/mol. The fourth-order valence-electron chi connectivity index (χ4n) is 1.85. The van der Waals surface area contributed by atoms with E-state index in [1.54, 1.807) is 23.5 Å². The molecule has 0 N–H and O–H groups in total. The van der Waals surface area contributed by atoms with Gasteiger partial charge in [0, 0.05) is 19.5 Å². The second kappa shape index (κ2) is 4.65. The van der Waals surface area contributed by atoms with Crippen molar-refractivity contribution in [1.29, 1.82) is 0 Å². The molecule has 1 aromatic heterocycles. The molecule has 2 aromatic rings. The van der Waals surface area contributed by atoms with E-state index in [1.165, 1.54) is 18.9 Å². The lowest BCUT2D eigenvalue weighted by Gasteiger charge is -2.14. The summed E-state index contributed by atoms with van der Waals surface area (Å²) in [5, 5.41) is 10.4. The van der Waals surface area contributed by atoms with E-state index in [4.69, 9.17) is 0 Å². The van der Waals surface area contributed by atoms with Gasteiger partial charge in [0.25, 0.3) is 0 Å². The smallest absolute Gasteiger partial charge is 0.208 e. The molecule has 1 heterocycles.